The molecule has 2 aromatic rings. The van der Waals surface area contributed by atoms with Gasteiger partial charge in [0.2, 0.25) is 0 Å². The molecule has 0 aromatic heterocycles. The van der Waals surface area contributed by atoms with E-state index in [1.807, 2.05) is 0 Å². The molecule has 2 rings (SSSR count). The van der Waals surface area contributed by atoms with Gasteiger partial charge in [-0.25, -0.2) is 10.2 Å². The third kappa shape index (κ3) is 4.19. The zero-order valence-electron chi connectivity index (χ0n) is 11.2. The summed E-state index contributed by atoms with van der Waals surface area (Å²) >= 11 is 0. The van der Waals surface area contributed by atoms with Gasteiger partial charge in [-0.2, -0.15) is 0 Å². The van der Waals surface area contributed by atoms with Crippen LogP contribution in [0.3, 0.4) is 0 Å². The zero-order valence-corrected chi connectivity index (χ0v) is 11.2. The Bertz CT molecular complexity index is 602. The van der Waals surface area contributed by atoms with E-state index in [9.17, 15) is 9.18 Å². The molecule has 0 saturated heterocycles. The number of rotatable bonds is 6. The van der Waals surface area contributed by atoms with Crippen LogP contribution >= 0.6 is 0 Å². The van der Waals surface area contributed by atoms with Gasteiger partial charge in [-0.1, -0.05) is 12.1 Å². The smallest absolute Gasteiger partial charge is 0.268 e. The average Bonchev–Trinajstić information content (AvgIpc) is 2.53. The highest BCUT2D eigenvalue weighted by atomic mass is 19.1. The number of amides is 1. The van der Waals surface area contributed by atoms with Gasteiger partial charge in [-0.15, -0.1) is 0 Å². The summed E-state index contributed by atoms with van der Waals surface area (Å²) in [7, 11) is 0. The van der Waals surface area contributed by atoms with Crippen LogP contribution < -0.4 is 20.7 Å². The first kappa shape index (κ1) is 14.8. The molecule has 0 aliphatic heterocycles. The number of hydrogen-bond donors (Lipinski definition) is 2. The Hall–Kier alpha value is -2.60. The molecule has 0 atom stereocenters. The summed E-state index contributed by atoms with van der Waals surface area (Å²) in [5, 5.41) is 0. The number of nitrogen functional groups attached to an aromatic ring is 1. The van der Waals surface area contributed by atoms with E-state index in [1.54, 1.807) is 24.3 Å². The molecule has 6 heteroatoms. The van der Waals surface area contributed by atoms with Crippen LogP contribution in [0.25, 0.3) is 0 Å². The SMILES string of the molecule is NNC(=O)c1ccccc1OCCOc1ccc(F)cc1. The third-order valence-electron chi connectivity index (χ3n) is 2.69. The summed E-state index contributed by atoms with van der Waals surface area (Å²) in [6, 6.07) is 12.4. The van der Waals surface area contributed by atoms with Crippen LogP contribution in [0.5, 0.6) is 11.5 Å². The van der Waals surface area contributed by atoms with Crippen molar-refractivity contribution < 1.29 is 18.7 Å². The molecule has 5 nitrogen and oxygen atoms in total. The number of para-hydroxylation sites is 1. The number of nitrogens with two attached hydrogens (primary N) is 1. The highest BCUT2D eigenvalue weighted by Gasteiger charge is 2.10. The highest BCUT2D eigenvalue weighted by Crippen LogP contribution is 2.17. The summed E-state index contributed by atoms with van der Waals surface area (Å²) in [5.41, 5.74) is 2.41. The fourth-order valence-electron chi connectivity index (χ4n) is 1.70. The third-order valence-corrected chi connectivity index (χ3v) is 2.69. The quantitative estimate of drug-likeness (QED) is 0.369. The van der Waals surface area contributed by atoms with E-state index < -0.39 is 5.91 Å². The first-order valence-corrected chi connectivity index (χ1v) is 6.32. The van der Waals surface area contributed by atoms with E-state index in [-0.39, 0.29) is 19.0 Å². The van der Waals surface area contributed by atoms with Crippen molar-refractivity contribution >= 4 is 5.91 Å². The molecule has 21 heavy (non-hydrogen) atoms. The van der Waals surface area contributed by atoms with Gasteiger partial charge in [-0.05, 0) is 36.4 Å². The molecule has 0 heterocycles. The summed E-state index contributed by atoms with van der Waals surface area (Å²) in [5.74, 6) is 5.33. The van der Waals surface area contributed by atoms with Gasteiger partial charge in [0.25, 0.3) is 5.91 Å². The maximum Gasteiger partial charge on any atom is 0.268 e. The first-order chi connectivity index (χ1) is 10.2. The second-order valence-electron chi connectivity index (χ2n) is 4.12. The van der Waals surface area contributed by atoms with Gasteiger partial charge in [0.05, 0.1) is 5.56 Å². The fourth-order valence-corrected chi connectivity index (χ4v) is 1.70. The van der Waals surface area contributed by atoms with Crippen LogP contribution in [-0.2, 0) is 0 Å². The molecule has 110 valence electrons. The first-order valence-electron chi connectivity index (χ1n) is 6.32. The Kier molecular flexibility index (Phi) is 5.11. The number of halogens is 1. The Labute approximate surface area is 121 Å². The standard InChI is InChI=1S/C15H15FN2O3/c16-11-5-7-12(8-6-11)20-9-10-21-14-4-2-1-3-13(14)15(19)18-17/h1-8H,9-10,17H2,(H,18,19). The number of hydrogen-bond acceptors (Lipinski definition) is 4. The molecule has 0 aliphatic rings. The number of carbonyl (C=O) groups is 1. The Morgan fingerprint density at radius 2 is 1.71 bits per heavy atom. The van der Waals surface area contributed by atoms with Crippen molar-refractivity contribution in [2.24, 2.45) is 5.84 Å². The zero-order chi connectivity index (χ0) is 15.1. The number of carbonyl (C=O) groups excluding carboxylic acids is 1. The fraction of sp³-hybridized carbons (Fsp3) is 0.133. The van der Waals surface area contributed by atoms with Crippen molar-refractivity contribution in [1.29, 1.82) is 0 Å². The van der Waals surface area contributed by atoms with E-state index in [0.717, 1.165) is 0 Å². The lowest BCUT2D eigenvalue weighted by atomic mass is 10.2. The second-order valence-corrected chi connectivity index (χ2v) is 4.12. The molecular weight excluding hydrogens is 275 g/mol. The number of ether oxygens (including phenoxy) is 2. The topological polar surface area (TPSA) is 73.6 Å². The van der Waals surface area contributed by atoms with E-state index in [0.29, 0.717) is 17.1 Å². The molecule has 0 fully saturated rings. The Morgan fingerprint density at radius 1 is 1.05 bits per heavy atom. The van der Waals surface area contributed by atoms with Gasteiger partial charge in [0.15, 0.2) is 0 Å². The Morgan fingerprint density at radius 3 is 2.43 bits per heavy atom. The van der Waals surface area contributed by atoms with Gasteiger partial charge >= 0.3 is 0 Å². The molecule has 0 saturated carbocycles. The van der Waals surface area contributed by atoms with Crippen LogP contribution in [0.1, 0.15) is 10.4 Å². The maximum absolute atomic E-state index is 12.7. The Balaban J connectivity index is 1.86. The van der Waals surface area contributed by atoms with Crippen LogP contribution in [0.15, 0.2) is 48.5 Å². The number of nitrogens with one attached hydrogen (secondary N) is 1. The number of benzene rings is 2. The summed E-state index contributed by atoms with van der Waals surface area (Å²) in [6.45, 7) is 0.510. The van der Waals surface area contributed by atoms with Crippen molar-refractivity contribution in [3.63, 3.8) is 0 Å². The lowest BCUT2D eigenvalue weighted by molar-refractivity contribution is 0.0948. The average molecular weight is 290 g/mol. The molecule has 2 aromatic carbocycles. The molecule has 0 spiro atoms. The van der Waals surface area contributed by atoms with Crippen LogP contribution in [0, 0.1) is 5.82 Å². The van der Waals surface area contributed by atoms with Crippen molar-refractivity contribution in [3.05, 3.63) is 59.9 Å². The van der Waals surface area contributed by atoms with Crippen molar-refractivity contribution in [3.8, 4) is 11.5 Å². The largest absolute Gasteiger partial charge is 0.490 e. The van der Waals surface area contributed by atoms with E-state index >= 15 is 0 Å². The molecule has 0 unspecified atom stereocenters. The van der Waals surface area contributed by atoms with E-state index in [2.05, 4.69) is 5.43 Å². The minimum atomic E-state index is -0.426. The summed E-state index contributed by atoms with van der Waals surface area (Å²) in [4.78, 5) is 11.5. The molecular formula is C15H15FN2O3. The van der Waals surface area contributed by atoms with Crippen molar-refractivity contribution in [1.82, 2.24) is 5.43 Å². The van der Waals surface area contributed by atoms with Crippen LogP contribution in [0.4, 0.5) is 4.39 Å². The van der Waals surface area contributed by atoms with Gasteiger partial charge in [0, 0.05) is 0 Å². The monoisotopic (exact) mass is 290 g/mol. The molecule has 0 radical (unpaired) electrons. The molecule has 0 aliphatic carbocycles. The molecule has 3 N–H and O–H groups in total. The lowest BCUT2D eigenvalue weighted by Crippen LogP contribution is -2.30. The van der Waals surface area contributed by atoms with Crippen molar-refractivity contribution in [2.45, 2.75) is 0 Å². The molecule has 0 bridgehead atoms. The van der Waals surface area contributed by atoms with E-state index in [4.69, 9.17) is 15.3 Å². The van der Waals surface area contributed by atoms with Gasteiger partial charge < -0.3 is 9.47 Å². The van der Waals surface area contributed by atoms with Gasteiger partial charge in [0.1, 0.15) is 30.5 Å². The predicted octanol–water partition coefficient (Wildman–Crippen LogP) is 1.89. The van der Waals surface area contributed by atoms with E-state index in [1.165, 1.54) is 24.3 Å². The summed E-state index contributed by atoms with van der Waals surface area (Å²) < 4.78 is 23.6. The normalized spacial score (nSPS) is 10.0. The highest BCUT2D eigenvalue weighted by molar-refractivity contribution is 5.96. The van der Waals surface area contributed by atoms with Gasteiger partial charge in [-0.3, -0.25) is 10.2 Å². The second kappa shape index (κ2) is 7.25. The lowest BCUT2D eigenvalue weighted by Gasteiger charge is -2.11. The summed E-state index contributed by atoms with van der Waals surface area (Å²) in [6.07, 6.45) is 0. The predicted molar refractivity (Wildman–Crippen MR) is 75.5 cm³/mol. The molecule has 1 amide bonds. The minimum Gasteiger partial charge on any atom is -0.490 e. The van der Waals surface area contributed by atoms with Crippen molar-refractivity contribution in [2.75, 3.05) is 13.2 Å². The van der Waals surface area contributed by atoms with Crippen LogP contribution in [-0.4, -0.2) is 19.1 Å². The van der Waals surface area contributed by atoms with Crippen LogP contribution in [0.2, 0.25) is 0 Å². The maximum atomic E-state index is 12.7. The minimum absolute atomic E-state index is 0.242. The number of hydrazine groups is 1.